The number of carbonyl (C=O) groups is 1. The lowest BCUT2D eigenvalue weighted by molar-refractivity contribution is 0.102. The van der Waals surface area contributed by atoms with E-state index in [1.807, 2.05) is 22.6 Å². The van der Waals surface area contributed by atoms with Gasteiger partial charge < -0.3 is 14.8 Å². The summed E-state index contributed by atoms with van der Waals surface area (Å²) in [5, 5.41) is 9.26. The third-order valence-electron chi connectivity index (χ3n) is 2.62. The van der Waals surface area contributed by atoms with Crippen LogP contribution in [0.1, 0.15) is 10.5 Å². The highest BCUT2D eigenvalue weighted by Crippen LogP contribution is 2.32. The van der Waals surface area contributed by atoms with Gasteiger partial charge in [-0.1, -0.05) is 0 Å². The summed E-state index contributed by atoms with van der Waals surface area (Å²) in [4.78, 5) is 12.0. The van der Waals surface area contributed by atoms with E-state index in [1.54, 1.807) is 24.4 Å². The van der Waals surface area contributed by atoms with Crippen molar-refractivity contribution in [2.24, 2.45) is 0 Å². The van der Waals surface area contributed by atoms with Crippen LogP contribution in [0.3, 0.4) is 0 Å². The highest BCUT2D eigenvalue weighted by molar-refractivity contribution is 14.1. The Morgan fingerprint density at radius 1 is 1.32 bits per heavy atom. The Labute approximate surface area is 122 Å². The molecule has 1 aromatic carbocycles. The van der Waals surface area contributed by atoms with Crippen molar-refractivity contribution in [3.8, 4) is 11.5 Å². The number of ether oxygens (including phenoxy) is 2. The average molecular weight is 371 g/mol. The number of aromatic amines is 1. The molecule has 2 heterocycles. The van der Waals surface area contributed by atoms with Gasteiger partial charge in [-0.25, -0.2) is 0 Å². The zero-order valence-electron chi connectivity index (χ0n) is 9.77. The molecule has 0 bridgehead atoms. The van der Waals surface area contributed by atoms with Crippen LogP contribution in [0.4, 0.5) is 5.69 Å². The molecule has 0 saturated heterocycles. The van der Waals surface area contributed by atoms with Gasteiger partial charge in [-0.05, 0) is 34.7 Å². The van der Waals surface area contributed by atoms with E-state index in [0.29, 0.717) is 36.1 Å². The van der Waals surface area contributed by atoms with Gasteiger partial charge in [-0.15, -0.1) is 0 Å². The SMILES string of the molecule is O=C(Nc1ccc2c(c1)OCCO2)c1[nH]ncc1I. The monoisotopic (exact) mass is 371 g/mol. The molecule has 2 aromatic rings. The van der Waals surface area contributed by atoms with Gasteiger partial charge in [0.1, 0.15) is 18.9 Å². The lowest BCUT2D eigenvalue weighted by Crippen LogP contribution is -2.17. The normalized spacial score (nSPS) is 13.1. The fraction of sp³-hybridized carbons (Fsp3) is 0.167. The van der Waals surface area contributed by atoms with Gasteiger partial charge in [-0.3, -0.25) is 9.89 Å². The maximum atomic E-state index is 12.0. The van der Waals surface area contributed by atoms with Gasteiger partial charge in [0, 0.05) is 11.8 Å². The number of anilines is 1. The average Bonchev–Trinajstić information content (AvgIpc) is 2.85. The van der Waals surface area contributed by atoms with Gasteiger partial charge in [0.05, 0.1) is 9.77 Å². The van der Waals surface area contributed by atoms with Crippen molar-refractivity contribution >= 4 is 34.2 Å². The lowest BCUT2D eigenvalue weighted by atomic mass is 10.2. The van der Waals surface area contributed by atoms with Crippen molar-refractivity contribution in [1.82, 2.24) is 10.2 Å². The molecule has 6 nitrogen and oxygen atoms in total. The van der Waals surface area contributed by atoms with Crippen molar-refractivity contribution in [3.63, 3.8) is 0 Å². The molecule has 98 valence electrons. The summed E-state index contributed by atoms with van der Waals surface area (Å²) >= 11 is 2.05. The van der Waals surface area contributed by atoms with Crippen LogP contribution in [0.25, 0.3) is 0 Å². The van der Waals surface area contributed by atoms with E-state index in [1.165, 1.54) is 0 Å². The molecule has 2 N–H and O–H groups in total. The summed E-state index contributed by atoms with van der Waals surface area (Å²) in [6, 6.07) is 5.30. The molecule has 1 aliphatic rings. The number of rotatable bonds is 2. The first-order chi connectivity index (χ1) is 9.24. The maximum absolute atomic E-state index is 12.0. The Balaban J connectivity index is 1.80. The summed E-state index contributed by atoms with van der Waals surface area (Å²) < 4.78 is 11.7. The molecule has 3 rings (SSSR count). The molecule has 1 aliphatic heterocycles. The molecule has 1 amide bonds. The molecule has 0 fully saturated rings. The molecular weight excluding hydrogens is 361 g/mol. The van der Waals surface area contributed by atoms with Crippen LogP contribution in [-0.4, -0.2) is 29.3 Å². The Morgan fingerprint density at radius 3 is 2.84 bits per heavy atom. The Kier molecular flexibility index (Phi) is 3.28. The Hall–Kier alpha value is -1.77. The quantitative estimate of drug-likeness (QED) is 0.793. The molecular formula is C12H10IN3O3. The van der Waals surface area contributed by atoms with Gasteiger partial charge in [-0.2, -0.15) is 5.10 Å². The summed E-state index contributed by atoms with van der Waals surface area (Å²) in [5.74, 6) is 1.10. The summed E-state index contributed by atoms with van der Waals surface area (Å²) in [6.45, 7) is 1.06. The number of nitrogens with zero attached hydrogens (tertiary/aromatic N) is 1. The van der Waals surface area contributed by atoms with E-state index >= 15 is 0 Å². The van der Waals surface area contributed by atoms with Crippen LogP contribution < -0.4 is 14.8 Å². The Morgan fingerprint density at radius 2 is 2.11 bits per heavy atom. The van der Waals surface area contributed by atoms with Crippen molar-refractivity contribution in [1.29, 1.82) is 0 Å². The minimum atomic E-state index is -0.237. The van der Waals surface area contributed by atoms with E-state index in [0.717, 1.165) is 3.57 Å². The molecule has 0 unspecified atom stereocenters. The fourth-order valence-corrected chi connectivity index (χ4v) is 2.25. The second-order valence-corrected chi connectivity index (χ2v) is 5.07. The van der Waals surface area contributed by atoms with E-state index in [4.69, 9.17) is 9.47 Å². The molecule has 0 atom stereocenters. The van der Waals surface area contributed by atoms with Crippen molar-refractivity contribution in [3.05, 3.63) is 33.7 Å². The van der Waals surface area contributed by atoms with Crippen LogP contribution in [0.15, 0.2) is 24.4 Å². The number of H-pyrrole nitrogens is 1. The summed E-state index contributed by atoms with van der Waals surface area (Å²) in [5.41, 5.74) is 1.09. The minimum absolute atomic E-state index is 0.237. The second-order valence-electron chi connectivity index (χ2n) is 3.91. The number of nitrogens with one attached hydrogen (secondary N) is 2. The Bertz CT molecular complexity index is 626. The second kappa shape index (κ2) is 5.08. The van der Waals surface area contributed by atoms with Crippen LogP contribution >= 0.6 is 22.6 Å². The molecule has 0 aliphatic carbocycles. The molecule has 0 spiro atoms. The number of benzene rings is 1. The first-order valence-corrected chi connectivity index (χ1v) is 6.72. The van der Waals surface area contributed by atoms with Crippen molar-refractivity contribution < 1.29 is 14.3 Å². The smallest absolute Gasteiger partial charge is 0.274 e. The van der Waals surface area contributed by atoms with Crippen molar-refractivity contribution in [2.75, 3.05) is 18.5 Å². The topological polar surface area (TPSA) is 76.2 Å². The minimum Gasteiger partial charge on any atom is -0.486 e. The third-order valence-corrected chi connectivity index (χ3v) is 3.44. The summed E-state index contributed by atoms with van der Waals surface area (Å²) in [7, 11) is 0. The molecule has 1 aromatic heterocycles. The number of halogens is 1. The van der Waals surface area contributed by atoms with Crippen LogP contribution in [-0.2, 0) is 0 Å². The van der Waals surface area contributed by atoms with Crippen LogP contribution in [0, 0.1) is 3.57 Å². The molecule has 19 heavy (non-hydrogen) atoms. The number of aromatic nitrogens is 2. The summed E-state index contributed by atoms with van der Waals surface area (Å²) in [6.07, 6.45) is 1.60. The largest absolute Gasteiger partial charge is 0.486 e. The van der Waals surface area contributed by atoms with Crippen LogP contribution in [0.5, 0.6) is 11.5 Å². The van der Waals surface area contributed by atoms with Gasteiger partial charge in [0.25, 0.3) is 5.91 Å². The van der Waals surface area contributed by atoms with Gasteiger partial charge in [0.15, 0.2) is 11.5 Å². The zero-order chi connectivity index (χ0) is 13.2. The molecule has 7 heteroatoms. The van der Waals surface area contributed by atoms with Gasteiger partial charge in [0.2, 0.25) is 0 Å². The number of hydrogen-bond acceptors (Lipinski definition) is 4. The van der Waals surface area contributed by atoms with E-state index in [-0.39, 0.29) is 5.91 Å². The van der Waals surface area contributed by atoms with Gasteiger partial charge >= 0.3 is 0 Å². The molecule has 0 saturated carbocycles. The lowest BCUT2D eigenvalue weighted by Gasteiger charge is -2.18. The van der Waals surface area contributed by atoms with E-state index in [2.05, 4.69) is 15.5 Å². The zero-order valence-corrected chi connectivity index (χ0v) is 11.9. The highest BCUT2D eigenvalue weighted by atomic mass is 127. The number of fused-ring (bicyclic) bond motifs is 1. The van der Waals surface area contributed by atoms with E-state index < -0.39 is 0 Å². The number of hydrogen-bond donors (Lipinski definition) is 2. The fourth-order valence-electron chi connectivity index (χ4n) is 1.75. The van der Waals surface area contributed by atoms with Crippen molar-refractivity contribution in [2.45, 2.75) is 0 Å². The molecule has 0 radical (unpaired) electrons. The maximum Gasteiger partial charge on any atom is 0.274 e. The number of carbonyl (C=O) groups excluding carboxylic acids is 1. The first kappa shape index (κ1) is 12.3. The first-order valence-electron chi connectivity index (χ1n) is 5.64. The third kappa shape index (κ3) is 2.50. The van der Waals surface area contributed by atoms with Crippen LogP contribution in [0.2, 0.25) is 0 Å². The number of amides is 1. The highest BCUT2D eigenvalue weighted by Gasteiger charge is 2.15. The predicted molar refractivity (Wildman–Crippen MR) is 76.7 cm³/mol. The standard InChI is InChI=1S/C12H10IN3O3/c13-8-6-14-16-11(8)12(17)15-7-1-2-9-10(5-7)19-4-3-18-9/h1-2,5-6H,3-4H2,(H,14,16)(H,15,17). The predicted octanol–water partition coefficient (Wildman–Crippen LogP) is 2.04. The van der Waals surface area contributed by atoms with E-state index in [9.17, 15) is 4.79 Å².